The number of hydrogen-bond acceptors (Lipinski definition) is 4. The van der Waals surface area contributed by atoms with Crippen molar-refractivity contribution in [1.82, 2.24) is 0 Å². The molecule has 4 nitrogen and oxygen atoms in total. The lowest BCUT2D eigenvalue weighted by Crippen LogP contribution is -2.16. The first kappa shape index (κ1) is 12.7. The van der Waals surface area contributed by atoms with Gasteiger partial charge in [-0.2, -0.15) is 0 Å². The molecule has 0 spiro atoms. The molecule has 1 rings (SSSR count). The van der Waals surface area contributed by atoms with Gasteiger partial charge >= 0.3 is 0 Å². The van der Waals surface area contributed by atoms with Gasteiger partial charge in [-0.25, -0.2) is 0 Å². The maximum absolute atomic E-state index is 11.1. The monoisotopic (exact) mass is 224 g/mol. The third kappa shape index (κ3) is 4.42. The van der Waals surface area contributed by atoms with Crippen molar-refractivity contribution in [2.45, 2.75) is 6.42 Å². The second-order valence-electron chi connectivity index (χ2n) is 3.38. The Balaban J connectivity index is 2.40. The van der Waals surface area contributed by atoms with Gasteiger partial charge in [-0.05, 0) is 24.1 Å². The first-order valence-corrected chi connectivity index (χ1v) is 5.09. The van der Waals surface area contributed by atoms with Crippen LogP contribution in [-0.4, -0.2) is 37.8 Å². The van der Waals surface area contributed by atoms with E-state index in [4.69, 9.17) is 9.84 Å². The van der Waals surface area contributed by atoms with E-state index in [0.717, 1.165) is 5.56 Å². The smallest absolute Gasteiger partial charge is 0.195 e. The Morgan fingerprint density at radius 3 is 2.50 bits per heavy atom. The number of aliphatic hydroxyl groups excluding tert-OH is 1. The van der Waals surface area contributed by atoms with Gasteiger partial charge in [0, 0.05) is 13.7 Å². The van der Waals surface area contributed by atoms with Gasteiger partial charge < -0.3 is 14.6 Å². The number of rotatable bonds is 7. The van der Waals surface area contributed by atoms with Crippen molar-refractivity contribution in [3.63, 3.8) is 0 Å². The summed E-state index contributed by atoms with van der Waals surface area (Å²) in [6.07, 6.45) is 0.628. The van der Waals surface area contributed by atoms with Crippen LogP contribution in [0.2, 0.25) is 0 Å². The number of Topliss-reactive ketones (excluding diaryl/α,β-unsaturated/α-hetero) is 1. The van der Waals surface area contributed by atoms with E-state index < -0.39 is 0 Å². The minimum atomic E-state index is -0.0954. The average Bonchev–Trinajstić information content (AvgIpc) is 2.29. The molecule has 0 amide bonds. The quantitative estimate of drug-likeness (QED) is 0.745. The molecule has 0 atom stereocenters. The third-order valence-electron chi connectivity index (χ3n) is 2.03. The number of carbonyl (C=O) groups excluding carboxylic acids is 1. The van der Waals surface area contributed by atoms with Crippen LogP contribution in [0.25, 0.3) is 0 Å². The molecule has 1 N–H and O–H groups in total. The number of ether oxygens (including phenoxy) is 2. The predicted octanol–water partition coefficient (Wildman–Crippen LogP) is 0.816. The van der Waals surface area contributed by atoms with Gasteiger partial charge in [0.2, 0.25) is 0 Å². The Morgan fingerprint density at radius 1 is 1.25 bits per heavy atom. The number of ketones is 1. The largest absolute Gasteiger partial charge is 0.486 e. The maximum atomic E-state index is 11.1. The molecule has 0 saturated carbocycles. The topological polar surface area (TPSA) is 55.8 Å². The van der Waals surface area contributed by atoms with Gasteiger partial charge in [0.25, 0.3) is 0 Å². The van der Waals surface area contributed by atoms with Crippen molar-refractivity contribution in [1.29, 1.82) is 0 Å². The standard InChI is InChI=1S/C12H16O4/c1-15-8-11(14)9-16-12-4-2-10(3-5-12)6-7-13/h2-5,13H,6-9H2,1H3. The molecule has 1 aromatic rings. The highest BCUT2D eigenvalue weighted by Gasteiger charge is 2.02. The van der Waals surface area contributed by atoms with Gasteiger partial charge in [-0.1, -0.05) is 12.1 Å². The van der Waals surface area contributed by atoms with Crippen molar-refractivity contribution in [2.75, 3.05) is 26.9 Å². The number of benzene rings is 1. The van der Waals surface area contributed by atoms with Gasteiger partial charge in [0.1, 0.15) is 19.0 Å². The Kier molecular flexibility index (Phi) is 5.53. The van der Waals surface area contributed by atoms with Crippen molar-refractivity contribution >= 4 is 5.78 Å². The number of hydrogen-bond donors (Lipinski definition) is 1. The summed E-state index contributed by atoms with van der Waals surface area (Å²) in [6, 6.07) is 7.30. The summed E-state index contributed by atoms with van der Waals surface area (Å²) < 4.78 is 9.95. The van der Waals surface area contributed by atoms with Crippen LogP contribution >= 0.6 is 0 Å². The summed E-state index contributed by atoms with van der Waals surface area (Å²) in [6.45, 7) is 0.225. The molecule has 0 radical (unpaired) electrons. The SMILES string of the molecule is COCC(=O)COc1ccc(CCO)cc1. The molecule has 0 bridgehead atoms. The Hall–Kier alpha value is -1.39. The van der Waals surface area contributed by atoms with Crippen LogP contribution in [0, 0.1) is 0 Å². The number of methoxy groups -OCH3 is 1. The van der Waals surface area contributed by atoms with Crippen molar-refractivity contribution < 1.29 is 19.4 Å². The van der Waals surface area contributed by atoms with E-state index in [2.05, 4.69) is 4.74 Å². The summed E-state index contributed by atoms with van der Waals surface area (Å²) in [7, 11) is 1.47. The van der Waals surface area contributed by atoms with E-state index >= 15 is 0 Å². The molecule has 88 valence electrons. The molecular weight excluding hydrogens is 208 g/mol. The molecule has 0 saturated heterocycles. The van der Waals surface area contributed by atoms with Crippen molar-refractivity contribution in [3.05, 3.63) is 29.8 Å². The molecule has 0 unspecified atom stereocenters. The van der Waals surface area contributed by atoms with Gasteiger partial charge in [-0.15, -0.1) is 0 Å². The Morgan fingerprint density at radius 2 is 1.94 bits per heavy atom. The van der Waals surface area contributed by atoms with E-state index in [1.807, 2.05) is 12.1 Å². The van der Waals surface area contributed by atoms with Crippen LogP contribution in [0.1, 0.15) is 5.56 Å². The van der Waals surface area contributed by atoms with Crippen LogP contribution in [-0.2, 0) is 16.0 Å². The van der Waals surface area contributed by atoms with Gasteiger partial charge in [-0.3, -0.25) is 4.79 Å². The van der Waals surface area contributed by atoms with Gasteiger partial charge in [0.15, 0.2) is 5.78 Å². The summed E-state index contributed by atoms with van der Waals surface area (Å²) in [4.78, 5) is 11.1. The molecule has 0 aliphatic heterocycles. The fourth-order valence-electron chi connectivity index (χ4n) is 1.25. The van der Waals surface area contributed by atoms with Crippen molar-refractivity contribution in [2.24, 2.45) is 0 Å². The summed E-state index contributed by atoms with van der Waals surface area (Å²) in [5.74, 6) is 0.549. The average molecular weight is 224 g/mol. The number of carbonyl (C=O) groups is 1. The van der Waals surface area contributed by atoms with E-state index in [9.17, 15) is 4.79 Å². The highest BCUT2D eigenvalue weighted by Crippen LogP contribution is 2.12. The fourth-order valence-corrected chi connectivity index (χ4v) is 1.25. The maximum Gasteiger partial charge on any atom is 0.195 e. The lowest BCUT2D eigenvalue weighted by atomic mass is 10.1. The minimum Gasteiger partial charge on any atom is -0.486 e. The molecule has 4 heteroatoms. The predicted molar refractivity (Wildman–Crippen MR) is 59.6 cm³/mol. The second kappa shape index (κ2) is 6.98. The van der Waals surface area contributed by atoms with Crippen molar-refractivity contribution in [3.8, 4) is 5.75 Å². The fraction of sp³-hybridized carbons (Fsp3) is 0.417. The molecule has 0 aliphatic rings. The molecular formula is C12H16O4. The molecule has 0 aliphatic carbocycles. The van der Waals surface area contributed by atoms with Gasteiger partial charge in [0.05, 0.1) is 0 Å². The summed E-state index contributed by atoms with van der Waals surface area (Å²) in [5, 5.41) is 8.73. The minimum absolute atomic E-state index is 0.0210. The Bertz CT molecular complexity index is 318. The second-order valence-corrected chi connectivity index (χ2v) is 3.38. The molecule has 0 aromatic heterocycles. The van der Waals surface area contributed by atoms with E-state index in [-0.39, 0.29) is 25.6 Å². The summed E-state index contributed by atoms with van der Waals surface area (Å²) in [5.41, 5.74) is 1.04. The lowest BCUT2D eigenvalue weighted by Gasteiger charge is -2.05. The molecule has 0 heterocycles. The zero-order valence-corrected chi connectivity index (χ0v) is 9.31. The molecule has 0 fully saturated rings. The molecule has 16 heavy (non-hydrogen) atoms. The number of aliphatic hydroxyl groups is 1. The highest BCUT2D eigenvalue weighted by molar-refractivity contribution is 5.81. The third-order valence-corrected chi connectivity index (χ3v) is 2.03. The molecule has 1 aromatic carbocycles. The van der Waals surface area contributed by atoms with Crippen LogP contribution in [0.4, 0.5) is 0 Å². The van der Waals surface area contributed by atoms with E-state index in [1.54, 1.807) is 12.1 Å². The van der Waals surface area contributed by atoms with Crippen LogP contribution in [0.15, 0.2) is 24.3 Å². The zero-order valence-electron chi connectivity index (χ0n) is 9.31. The summed E-state index contributed by atoms with van der Waals surface area (Å²) >= 11 is 0. The highest BCUT2D eigenvalue weighted by atomic mass is 16.5. The first-order chi connectivity index (χ1) is 7.76. The van der Waals surface area contributed by atoms with Crippen LogP contribution in [0.5, 0.6) is 5.75 Å². The normalized spacial score (nSPS) is 10.1. The first-order valence-electron chi connectivity index (χ1n) is 5.09. The van der Waals surface area contributed by atoms with E-state index in [0.29, 0.717) is 12.2 Å². The van der Waals surface area contributed by atoms with E-state index in [1.165, 1.54) is 7.11 Å². The van der Waals surface area contributed by atoms with Crippen LogP contribution < -0.4 is 4.74 Å². The lowest BCUT2D eigenvalue weighted by molar-refractivity contribution is -0.124. The zero-order chi connectivity index (χ0) is 11.8. The van der Waals surface area contributed by atoms with Crippen LogP contribution in [0.3, 0.4) is 0 Å². The Labute approximate surface area is 94.8 Å².